The summed E-state index contributed by atoms with van der Waals surface area (Å²) in [5.74, 6) is 0.695. The molecular formula is C19H24N2O2. The van der Waals surface area contributed by atoms with E-state index in [9.17, 15) is 4.79 Å². The number of nitrogens with two attached hydrogens (primary N) is 1. The molecule has 0 aliphatic heterocycles. The van der Waals surface area contributed by atoms with Crippen LogP contribution in [-0.2, 0) is 11.3 Å². The van der Waals surface area contributed by atoms with E-state index in [2.05, 4.69) is 0 Å². The molecule has 23 heavy (non-hydrogen) atoms. The zero-order chi connectivity index (χ0) is 16.5. The highest BCUT2D eigenvalue weighted by Gasteiger charge is 2.14. The number of aryl methyl sites for hydroxylation is 1. The zero-order valence-electron chi connectivity index (χ0n) is 13.6. The van der Waals surface area contributed by atoms with Gasteiger partial charge in [-0.1, -0.05) is 42.5 Å². The molecule has 1 amide bonds. The third-order valence-electron chi connectivity index (χ3n) is 3.55. The van der Waals surface area contributed by atoms with Crippen LogP contribution in [0.15, 0.2) is 54.6 Å². The first kappa shape index (κ1) is 17.0. The van der Waals surface area contributed by atoms with Crippen molar-refractivity contribution in [3.63, 3.8) is 0 Å². The molecule has 4 heteroatoms. The van der Waals surface area contributed by atoms with Gasteiger partial charge in [0.25, 0.3) is 5.91 Å². The molecule has 122 valence electrons. The van der Waals surface area contributed by atoms with E-state index in [1.165, 1.54) is 0 Å². The molecule has 2 aromatic rings. The molecule has 4 nitrogen and oxygen atoms in total. The van der Waals surface area contributed by atoms with Gasteiger partial charge in [-0.2, -0.15) is 0 Å². The van der Waals surface area contributed by atoms with E-state index in [1.807, 2.05) is 61.5 Å². The second-order valence-electron chi connectivity index (χ2n) is 5.55. The van der Waals surface area contributed by atoms with Gasteiger partial charge in [-0.25, -0.2) is 0 Å². The number of carbonyl (C=O) groups excluding carboxylic acids is 1. The highest BCUT2D eigenvalue weighted by Crippen LogP contribution is 2.13. The average Bonchev–Trinajstić information content (AvgIpc) is 2.57. The SMILES string of the molecule is Cc1cccc(OCC(=O)N(CCCN)Cc2ccccc2)c1. The van der Waals surface area contributed by atoms with Gasteiger partial charge < -0.3 is 15.4 Å². The van der Waals surface area contributed by atoms with Gasteiger partial charge in [-0.3, -0.25) is 4.79 Å². The summed E-state index contributed by atoms with van der Waals surface area (Å²) >= 11 is 0. The van der Waals surface area contributed by atoms with Gasteiger partial charge in [0.05, 0.1) is 0 Å². The maximum Gasteiger partial charge on any atom is 0.260 e. The summed E-state index contributed by atoms with van der Waals surface area (Å²) in [6, 6.07) is 17.7. The van der Waals surface area contributed by atoms with Gasteiger partial charge in [-0.05, 0) is 43.1 Å². The maximum atomic E-state index is 12.5. The molecule has 2 N–H and O–H groups in total. The van der Waals surface area contributed by atoms with E-state index < -0.39 is 0 Å². The van der Waals surface area contributed by atoms with Crippen LogP contribution in [-0.4, -0.2) is 30.5 Å². The summed E-state index contributed by atoms with van der Waals surface area (Å²) in [7, 11) is 0. The Morgan fingerprint density at radius 2 is 1.91 bits per heavy atom. The van der Waals surface area contributed by atoms with Crippen molar-refractivity contribution in [1.29, 1.82) is 0 Å². The average molecular weight is 312 g/mol. The molecule has 0 fully saturated rings. The van der Waals surface area contributed by atoms with Gasteiger partial charge in [0.1, 0.15) is 5.75 Å². The fraction of sp³-hybridized carbons (Fsp3) is 0.316. The first-order chi connectivity index (χ1) is 11.2. The highest BCUT2D eigenvalue weighted by atomic mass is 16.5. The van der Waals surface area contributed by atoms with Crippen LogP contribution in [0.2, 0.25) is 0 Å². The molecule has 0 aromatic heterocycles. The first-order valence-electron chi connectivity index (χ1n) is 7.90. The van der Waals surface area contributed by atoms with Crippen LogP contribution in [0.3, 0.4) is 0 Å². The molecule has 0 spiro atoms. The summed E-state index contributed by atoms with van der Waals surface area (Å²) in [5, 5.41) is 0. The van der Waals surface area contributed by atoms with Crippen molar-refractivity contribution in [1.82, 2.24) is 4.90 Å². The Bertz CT molecular complexity index is 614. The quantitative estimate of drug-likeness (QED) is 0.815. The van der Waals surface area contributed by atoms with Crippen molar-refractivity contribution in [2.24, 2.45) is 5.73 Å². The van der Waals surface area contributed by atoms with E-state index in [0.717, 1.165) is 23.3 Å². The van der Waals surface area contributed by atoms with Crippen molar-refractivity contribution in [2.75, 3.05) is 19.7 Å². The molecule has 0 bridgehead atoms. The van der Waals surface area contributed by atoms with Crippen molar-refractivity contribution in [3.05, 3.63) is 65.7 Å². The predicted molar refractivity (Wildman–Crippen MR) is 92.2 cm³/mol. The number of nitrogens with zero attached hydrogens (tertiary/aromatic N) is 1. The number of hydrogen-bond donors (Lipinski definition) is 1. The van der Waals surface area contributed by atoms with E-state index in [4.69, 9.17) is 10.5 Å². The third-order valence-corrected chi connectivity index (χ3v) is 3.55. The van der Waals surface area contributed by atoms with Gasteiger partial charge in [0.2, 0.25) is 0 Å². The van der Waals surface area contributed by atoms with E-state index in [-0.39, 0.29) is 12.5 Å². The fourth-order valence-electron chi connectivity index (χ4n) is 2.32. The van der Waals surface area contributed by atoms with Gasteiger partial charge in [-0.15, -0.1) is 0 Å². The van der Waals surface area contributed by atoms with Gasteiger partial charge in [0.15, 0.2) is 6.61 Å². The minimum atomic E-state index is -0.0243. The van der Waals surface area contributed by atoms with Crippen molar-refractivity contribution >= 4 is 5.91 Å². The lowest BCUT2D eigenvalue weighted by molar-refractivity contribution is -0.134. The molecule has 0 saturated carbocycles. The summed E-state index contributed by atoms with van der Waals surface area (Å²) in [6.45, 7) is 3.83. The molecule has 0 aliphatic carbocycles. The van der Waals surface area contributed by atoms with Gasteiger partial charge in [0, 0.05) is 13.1 Å². The topological polar surface area (TPSA) is 55.6 Å². The third kappa shape index (κ3) is 5.75. The second kappa shape index (κ2) is 8.96. The van der Waals surface area contributed by atoms with Crippen molar-refractivity contribution in [3.8, 4) is 5.75 Å². The molecule has 0 radical (unpaired) electrons. The van der Waals surface area contributed by atoms with Gasteiger partial charge >= 0.3 is 0 Å². The maximum absolute atomic E-state index is 12.5. The monoisotopic (exact) mass is 312 g/mol. The number of hydrogen-bond acceptors (Lipinski definition) is 3. The Balaban J connectivity index is 1.95. The summed E-state index contributed by atoms with van der Waals surface area (Å²) in [5.41, 5.74) is 7.80. The predicted octanol–water partition coefficient (Wildman–Crippen LogP) is 2.75. The Hall–Kier alpha value is -2.33. The molecule has 0 heterocycles. The second-order valence-corrected chi connectivity index (χ2v) is 5.55. The minimum Gasteiger partial charge on any atom is -0.484 e. The highest BCUT2D eigenvalue weighted by molar-refractivity contribution is 5.77. The number of rotatable bonds is 8. The summed E-state index contributed by atoms with van der Waals surface area (Å²) < 4.78 is 5.62. The molecule has 0 atom stereocenters. The number of carbonyl (C=O) groups is 1. The van der Waals surface area contributed by atoms with Crippen LogP contribution in [0.4, 0.5) is 0 Å². The Labute approximate surface area is 137 Å². The lowest BCUT2D eigenvalue weighted by Gasteiger charge is -2.23. The number of ether oxygens (including phenoxy) is 1. The summed E-state index contributed by atoms with van der Waals surface area (Å²) in [4.78, 5) is 14.3. The molecular weight excluding hydrogens is 288 g/mol. The van der Waals surface area contributed by atoms with Crippen molar-refractivity contribution < 1.29 is 9.53 Å². The minimum absolute atomic E-state index is 0.0243. The summed E-state index contributed by atoms with van der Waals surface area (Å²) in [6.07, 6.45) is 0.781. The lowest BCUT2D eigenvalue weighted by Crippen LogP contribution is -2.36. The molecule has 0 unspecified atom stereocenters. The first-order valence-corrected chi connectivity index (χ1v) is 7.90. The van der Waals surface area contributed by atoms with Crippen LogP contribution in [0.25, 0.3) is 0 Å². The number of amides is 1. The fourth-order valence-corrected chi connectivity index (χ4v) is 2.32. The molecule has 0 saturated heterocycles. The standard InChI is InChI=1S/C19H24N2O2/c1-16-7-5-10-18(13-16)23-15-19(22)21(12-6-11-20)14-17-8-3-2-4-9-17/h2-5,7-10,13H,6,11-12,14-15,20H2,1H3. The molecule has 0 aliphatic rings. The van der Waals surface area contributed by atoms with Crippen LogP contribution in [0.5, 0.6) is 5.75 Å². The van der Waals surface area contributed by atoms with Crippen LogP contribution in [0.1, 0.15) is 17.5 Å². The Morgan fingerprint density at radius 1 is 1.13 bits per heavy atom. The molecule has 2 aromatic carbocycles. The van der Waals surface area contributed by atoms with Crippen molar-refractivity contribution in [2.45, 2.75) is 19.9 Å². The van der Waals surface area contributed by atoms with Crippen LogP contribution < -0.4 is 10.5 Å². The van der Waals surface area contributed by atoms with Crippen LogP contribution >= 0.6 is 0 Å². The lowest BCUT2D eigenvalue weighted by atomic mass is 10.2. The largest absolute Gasteiger partial charge is 0.484 e. The van der Waals surface area contributed by atoms with E-state index >= 15 is 0 Å². The van der Waals surface area contributed by atoms with Crippen LogP contribution in [0, 0.1) is 6.92 Å². The Kier molecular flexibility index (Phi) is 6.63. The Morgan fingerprint density at radius 3 is 2.61 bits per heavy atom. The normalized spacial score (nSPS) is 10.3. The number of benzene rings is 2. The van der Waals surface area contributed by atoms with E-state index in [0.29, 0.717) is 19.6 Å². The smallest absolute Gasteiger partial charge is 0.260 e. The molecule has 2 rings (SSSR count). The van der Waals surface area contributed by atoms with E-state index in [1.54, 1.807) is 4.90 Å². The zero-order valence-corrected chi connectivity index (χ0v) is 13.6.